The molecule has 1 aliphatic rings. The largest absolute Gasteiger partial charge is 0.366 e. The number of aliphatic imine (C=N–C) groups is 1. The van der Waals surface area contributed by atoms with Gasteiger partial charge < -0.3 is 16.8 Å². The molecule has 0 fully saturated rings. The summed E-state index contributed by atoms with van der Waals surface area (Å²) in [5, 5.41) is 4.66. The van der Waals surface area contributed by atoms with Crippen molar-refractivity contribution in [2.75, 3.05) is 5.32 Å². The number of fused-ring (bicyclic) bond motifs is 1. The zero-order valence-corrected chi connectivity index (χ0v) is 16.4. The van der Waals surface area contributed by atoms with E-state index in [-0.39, 0.29) is 5.91 Å². The number of primary amides is 1. The summed E-state index contributed by atoms with van der Waals surface area (Å²) in [7, 11) is 0. The van der Waals surface area contributed by atoms with Crippen molar-refractivity contribution in [2.45, 2.75) is 12.7 Å². The maximum Gasteiger partial charge on any atom is 0.269 e. The van der Waals surface area contributed by atoms with Crippen molar-refractivity contribution in [1.82, 2.24) is 20.4 Å². The Morgan fingerprint density at radius 3 is 2.58 bits per heavy atom. The summed E-state index contributed by atoms with van der Waals surface area (Å²) in [4.78, 5) is 36.5. The Morgan fingerprint density at radius 2 is 1.84 bits per heavy atom. The third-order valence-electron chi connectivity index (χ3n) is 4.62. The van der Waals surface area contributed by atoms with Gasteiger partial charge in [-0.1, -0.05) is 12.1 Å². The van der Waals surface area contributed by atoms with E-state index in [2.05, 4.69) is 25.7 Å². The molecule has 10 heteroatoms. The normalized spacial score (nSPS) is 15.1. The first-order chi connectivity index (χ1) is 15.0. The number of amides is 2. The number of hydrogen-bond acceptors (Lipinski definition) is 8. The molecule has 3 aromatic rings. The second kappa shape index (κ2) is 8.59. The summed E-state index contributed by atoms with van der Waals surface area (Å²) in [6.07, 6.45) is 5.77. The lowest BCUT2D eigenvalue weighted by Gasteiger charge is -2.26. The van der Waals surface area contributed by atoms with E-state index in [9.17, 15) is 9.59 Å². The van der Waals surface area contributed by atoms with Gasteiger partial charge in [-0.2, -0.15) is 0 Å². The fourth-order valence-corrected chi connectivity index (χ4v) is 2.93. The van der Waals surface area contributed by atoms with E-state index in [1.807, 2.05) is 12.1 Å². The summed E-state index contributed by atoms with van der Waals surface area (Å²) in [6.45, 7) is 0.480. The van der Waals surface area contributed by atoms with Crippen LogP contribution in [0.25, 0.3) is 11.0 Å². The van der Waals surface area contributed by atoms with Crippen molar-refractivity contribution in [3.63, 3.8) is 0 Å². The van der Waals surface area contributed by atoms with Crippen molar-refractivity contribution in [3.8, 4) is 0 Å². The molecule has 31 heavy (non-hydrogen) atoms. The van der Waals surface area contributed by atoms with Gasteiger partial charge in [0, 0.05) is 36.3 Å². The van der Waals surface area contributed by atoms with Gasteiger partial charge in [0.25, 0.3) is 5.91 Å². The van der Waals surface area contributed by atoms with Crippen LogP contribution in [0.15, 0.2) is 66.1 Å². The topological polar surface area (TPSA) is 152 Å². The third-order valence-corrected chi connectivity index (χ3v) is 4.62. The number of benzene rings is 2. The predicted octanol–water partition coefficient (Wildman–Crippen LogP) is 1.13. The van der Waals surface area contributed by atoms with E-state index in [1.54, 1.807) is 48.9 Å². The monoisotopic (exact) mass is 416 g/mol. The Hall–Kier alpha value is -4.31. The van der Waals surface area contributed by atoms with E-state index >= 15 is 0 Å². The van der Waals surface area contributed by atoms with Gasteiger partial charge in [-0.15, -0.1) is 0 Å². The molecule has 1 atom stereocenters. The second-order valence-corrected chi connectivity index (χ2v) is 6.81. The number of nitrogens with two attached hydrogens (primary N) is 2. The number of aromatic nitrogens is 2. The molecular formula is C21H20N8O2. The van der Waals surface area contributed by atoms with Crippen molar-refractivity contribution in [3.05, 3.63) is 77.8 Å². The first-order valence-electron chi connectivity index (χ1n) is 9.44. The lowest BCUT2D eigenvalue weighted by Crippen LogP contribution is -2.51. The number of anilines is 1. The number of nitrogens with zero attached hydrogens (tertiary/aromatic N) is 4. The SMILES string of the molecule is NC(=O)c1ccc2ncc(NCc3ccc(C(=O)NN4C=CN=CC4N)cc3)nc2c1. The average molecular weight is 416 g/mol. The molecule has 0 radical (unpaired) electrons. The summed E-state index contributed by atoms with van der Waals surface area (Å²) >= 11 is 0. The minimum atomic E-state index is -0.516. The molecule has 2 aromatic carbocycles. The van der Waals surface area contributed by atoms with E-state index in [0.29, 0.717) is 34.5 Å². The number of hydrogen-bond donors (Lipinski definition) is 4. The van der Waals surface area contributed by atoms with Gasteiger partial charge >= 0.3 is 0 Å². The molecule has 10 nitrogen and oxygen atoms in total. The molecule has 2 heterocycles. The molecule has 6 N–H and O–H groups in total. The van der Waals surface area contributed by atoms with Gasteiger partial charge in [-0.3, -0.25) is 30.0 Å². The first kappa shape index (κ1) is 20.0. The molecule has 1 aromatic heterocycles. The van der Waals surface area contributed by atoms with E-state index in [4.69, 9.17) is 11.5 Å². The summed E-state index contributed by atoms with van der Waals surface area (Å²) in [5.74, 6) is -0.235. The number of carbonyl (C=O) groups is 2. The minimum Gasteiger partial charge on any atom is -0.366 e. The summed E-state index contributed by atoms with van der Waals surface area (Å²) in [6, 6.07) is 12.1. The molecule has 1 unspecified atom stereocenters. The molecule has 0 spiro atoms. The Bertz CT molecular complexity index is 1190. The van der Waals surface area contributed by atoms with Crippen LogP contribution in [0.2, 0.25) is 0 Å². The number of nitrogens with one attached hydrogen (secondary N) is 2. The van der Waals surface area contributed by atoms with Crippen LogP contribution in [0, 0.1) is 0 Å². The molecule has 0 saturated heterocycles. The van der Waals surface area contributed by atoms with Gasteiger partial charge in [-0.25, -0.2) is 4.98 Å². The van der Waals surface area contributed by atoms with Gasteiger partial charge in [0.1, 0.15) is 12.0 Å². The molecule has 2 amide bonds. The highest BCUT2D eigenvalue weighted by atomic mass is 16.2. The fourth-order valence-electron chi connectivity index (χ4n) is 2.93. The molecular weight excluding hydrogens is 396 g/mol. The van der Waals surface area contributed by atoms with Gasteiger partial charge in [0.15, 0.2) is 0 Å². The average Bonchev–Trinajstić information content (AvgIpc) is 2.79. The van der Waals surface area contributed by atoms with E-state index < -0.39 is 12.1 Å². The van der Waals surface area contributed by atoms with Crippen LogP contribution in [-0.2, 0) is 6.54 Å². The van der Waals surface area contributed by atoms with Crippen molar-refractivity contribution < 1.29 is 9.59 Å². The smallest absolute Gasteiger partial charge is 0.269 e. The molecule has 1 aliphatic heterocycles. The van der Waals surface area contributed by atoms with E-state index in [0.717, 1.165) is 5.56 Å². The van der Waals surface area contributed by atoms with Crippen LogP contribution in [0.1, 0.15) is 26.3 Å². The lowest BCUT2D eigenvalue weighted by molar-refractivity contribution is 0.0834. The Kier molecular flexibility index (Phi) is 5.54. The maximum absolute atomic E-state index is 12.4. The van der Waals surface area contributed by atoms with Crippen molar-refractivity contribution in [1.29, 1.82) is 0 Å². The highest BCUT2D eigenvalue weighted by Crippen LogP contribution is 2.15. The standard InChI is InChI=1S/C21H20N8O2/c22-18-11-24-7-8-29(18)28-21(31)14-3-1-13(2-4-14)10-26-19-12-25-16-6-5-15(20(23)30)9-17(16)27-19/h1-9,11-12,18H,10,22H2,(H2,23,30)(H,26,27)(H,28,31). The Morgan fingerprint density at radius 1 is 1.06 bits per heavy atom. The minimum absolute atomic E-state index is 0.277. The van der Waals surface area contributed by atoms with E-state index in [1.165, 1.54) is 11.2 Å². The molecule has 0 bridgehead atoms. The number of hydrazine groups is 1. The lowest BCUT2D eigenvalue weighted by atomic mass is 10.1. The summed E-state index contributed by atoms with van der Waals surface area (Å²) in [5.41, 5.74) is 16.9. The molecule has 0 saturated carbocycles. The zero-order valence-electron chi connectivity index (χ0n) is 16.4. The Balaban J connectivity index is 1.39. The van der Waals surface area contributed by atoms with Crippen LogP contribution in [-0.4, -0.2) is 39.2 Å². The highest BCUT2D eigenvalue weighted by molar-refractivity contribution is 5.96. The number of rotatable bonds is 6. The van der Waals surface area contributed by atoms with Crippen LogP contribution in [0.3, 0.4) is 0 Å². The van der Waals surface area contributed by atoms with Crippen LogP contribution in [0.4, 0.5) is 5.82 Å². The van der Waals surface area contributed by atoms with Gasteiger partial charge in [-0.05, 0) is 35.9 Å². The van der Waals surface area contributed by atoms with Gasteiger partial charge in [0.05, 0.1) is 17.2 Å². The van der Waals surface area contributed by atoms with Crippen molar-refractivity contribution >= 4 is 34.9 Å². The Labute approximate surface area is 177 Å². The molecule has 156 valence electrons. The fraction of sp³-hybridized carbons (Fsp3) is 0.0952. The van der Waals surface area contributed by atoms with Crippen LogP contribution < -0.4 is 22.2 Å². The van der Waals surface area contributed by atoms with Gasteiger partial charge in [0.2, 0.25) is 5.91 Å². The quantitative estimate of drug-likeness (QED) is 0.470. The first-order valence-corrected chi connectivity index (χ1v) is 9.44. The number of carbonyl (C=O) groups excluding carboxylic acids is 2. The van der Waals surface area contributed by atoms with Crippen molar-refractivity contribution in [2.24, 2.45) is 16.5 Å². The molecule has 0 aliphatic carbocycles. The highest BCUT2D eigenvalue weighted by Gasteiger charge is 2.14. The zero-order chi connectivity index (χ0) is 21.8. The predicted molar refractivity (Wildman–Crippen MR) is 117 cm³/mol. The molecule has 4 rings (SSSR count). The third kappa shape index (κ3) is 4.65. The maximum atomic E-state index is 12.4. The van der Waals surface area contributed by atoms with Crippen LogP contribution >= 0.6 is 0 Å². The summed E-state index contributed by atoms with van der Waals surface area (Å²) < 4.78 is 0. The van der Waals surface area contributed by atoms with Crippen LogP contribution in [0.5, 0.6) is 0 Å². The second-order valence-electron chi connectivity index (χ2n) is 6.81.